The molecule has 5 nitrogen and oxygen atoms in total. The molecule has 0 fully saturated rings. The monoisotopic (exact) mass is 316 g/mol. The van der Waals surface area contributed by atoms with E-state index in [2.05, 4.69) is 24.0 Å². The van der Waals surface area contributed by atoms with E-state index < -0.39 is 0 Å². The van der Waals surface area contributed by atoms with Gasteiger partial charge in [0.1, 0.15) is 0 Å². The molecule has 0 radical (unpaired) electrons. The smallest absolute Gasteiger partial charge is 0.262 e. The molecule has 0 aliphatic rings. The van der Waals surface area contributed by atoms with E-state index in [0.29, 0.717) is 12.3 Å². The van der Waals surface area contributed by atoms with Crippen molar-refractivity contribution in [3.63, 3.8) is 0 Å². The highest BCUT2D eigenvalue weighted by atomic mass is 32.2. The van der Waals surface area contributed by atoms with E-state index in [1.165, 1.54) is 0 Å². The summed E-state index contributed by atoms with van der Waals surface area (Å²) in [5.74, 6) is 1.64. The van der Waals surface area contributed by atoms with Crippen LogP contribution in [0.2, 0.25) is 0 Å². The van der Waals surface area contributed by atoms with Crippen LogP contribution in [-0.2, 0) is 6.54 Å². The summed E-state index contributed by atoms with van der Waals surface area (Å²) >= 11 is 1.68. The molecule has 0 spiro atoms. The summed E-state index contributed by atoms with van der Waals surface area (Å²) in [7, 11) is 0. The van der Waals surface area contributed by atoms with Crippen molar-refractivity contribution >= 4 is 28.4 Å². The zero-order chi connectivity index (χ0) is 15.5. The Morgan fingerprint density at radius 1 is 1.14 bits per heavy atom. The van der Waals surface area contributed by atoms with Crippen molar-refractivity contribution in [3.05, 3.63) is 34.6 Å². The van der Waals surface area contributed by atoms with Crippen molar-refractivity contribution in [1.29, 1.82) is 0 Å². The Labute approximate surface area is 133 Å². The molecule has 0 saturated heterocycles. The molecule has 2 aromatic heterocycles. The molecule has 0 amide bonds. The molecule has 22 heavy (non-hydrogen) atoms. The number of hydrogen-bond donors (Lipinski definition) is 0. The molecule has 1 aromatic carbocycles. The molecule has 0 N–H and O–H groups in total. The first kappa shape index (κ1) is 15.1. The van der Waals surface area contributed by atoms with Gasteiger partial charge in [0.25, 0.3) is 5.56 Å². The summed E-state index contributed by atoms with van der Waals surface area (Å²) in [6, 6.07) is 7.70. The van der Waals surface area contributed by atoms with Gasteiger partial charge in [0.2, 0.25) is 5.78 Å². The number of rotatable bonds is 6. The number of aryl methyl sites for hydroxylation is 1. The van der Waals surface area contributed by atoms with E-state index in [1.807, 2.05) is 28.7 Å². The Balaban J connectivity index is 2.31. The van der Waals surface area contributed by atoms with Crippen molar-refractivity contribution in [1.82, 2.24) is 19.2 Å². The van der Waals surface area contributed by atoms with Crippen LogP contribution >= 0.6 is 11.8 Å². The Morgan fingerprint density at radius 3 is 2.73 bits per heavy atom. The lowest BCUT2D eigenvalue weighted by Crippen LogP contribution is -2.23. The summed E-state index contributed by atoms with van der Waals surface area (Å²) in [4.78, 5) is 12.7. The van der Waals surface area contributed by atoms with Crippen LogP contribution in [0.3, 0.4) is 0 Å². The van der Waals surface area contributed by atoms with Gasteiger partial charge in [0, 0.05) is 12.3 Å². The molecule has 0 unspecified atom stereocenters. The van der Waals surface area contributed by atoms with Gasteiger partial charge in [0.05, 0.1) is 10.9 Å². The maximum Gasteiger partial charge on any atom is 0.262 e. The molecule has 3 aromatic rings. The van der Waals surface area contributed by atoms with Crippen molar-refractivity contribution in [3.8, 4) is 0 Å². The standard InChI is InChI=1S/C16H20N4OS/c1-3-5-10-19-14(21)12-8-6-7-9-13(12)20-15(19)17-18-16(20)22-11-4-2/h6-9H,3-5,10-11H2,1-2H3. The molecular weight excluding hydrogens is 296 g/mol. The Morgan fingerprint density at radius 2 is 1.95 bits per heavy atom. The van der Waals surface area contributed by atoms with Gasteiger partial charge in [0.15, 0.2) is 5.16 Å². The van der Waals surface area contributed by atoms with Crippen LogP contribution in [0.5, 0.6) is 0 Å². The molecule has 2 heterocycles. The lowest BCUT2D eigenvalue weighted by atomic mass is 10.2. The van der Waals surface area contributed by atoms with Gasteiger partial charge in [-0.2, -0.15) is 0 Å². The van der Waals surface area contributed by atoms with Crippen LogP contribution in [0.25, 0.3) is 16.7 Å². The topological polar surface area (TPSA) is 52.2 Å². The number of aromatic nitrogens is 4. The van der Waals surface area contributed by atoms with Crippen LogP contribution in [0.4, 0.5) is 0 Å². The summed E-state index contributed by atoms with van der Waals surface area (Å²) in [5.41, 5.74) is 0.912. The lowest BCUT2D eigenvalue weighted by molar-refractivity contribution is 0.620. The quantitative estimate of drug-likeness (QED) is 0.654. The van der Waals surface area contributed by atoms with E-state index in [4.69, 9.17) is 0 Å². The maximum atomic E-state index is 12.7. The van der Waals surface area contributed by atoms with Crippen molar-refractivity contribution < 1.29 is 0 Å². The van der Waals surface area contributed by atoms with Crippen molar-refractivity contribution in [2.24, 2.45) is 0 Å². The fraction of sp³-hybridized carbons (Fsp3) is 0.438. The summed E-state index contributed by atoms with van der Waals surface area (Å²) < 4.78 is 3.78. The van der Waals surface area contributed by atoms with Gasteiger partial charge in [-0.1, -0.05) is 44.2 Å². The van der Waals surface area contributed by atoms with E-state index in [-0.39, 0.29) is 5.56 Å². The molecule has 0 bridgehead atoms. The van der Waals surface area contributed by atoms with Gasteiger partial charge in [-0.15, -0.1) is 10.2 Å². The number of nitrogens with zero attached hydrogens (tertiary/aromatic N) is 4. The first-order chi connectivity index (χ1) is 10.8. The highest BCUT2D eigenvalue weighted by molar-refractivity contribution is 7.99. The SMILES string of the molecule is CCCCn1c(=O)c2ccccc2n2c(SCCC)nnc12. The molecule has 3 rings (SSSR count). The van der Waals surface area contributed by atoms with Crippen LogP contribution in [-0.4, -0.2) is 24.9 Å². The molecule has 0 aliphatic carbocycles. The number of unbranched alkanes of at least 4 members (excludes halogenated alkanes) is 1. The zero-order valence-electron chi connectivity index (χ0n) is 13.0. The third-order valence-corrected chi connectivity index (χ3v) is 4.78. The lowest BCUT2D eigenvalue weighted by Gasteiger charge is -2.10. The molecule has 0 aliphatic heterocycles. The van der Waals surface area contributed by atoms with Gasteiger partial charge in [-0.05, 0) is 25.0 Å². The van der Waals surface area contributed by atoms with E-state index in [9.17, 15) is 4.79 Å². The molecule has 0 atom stereocenters. The minimum absolute atomic E-state index is 0.0241. The second-order valence-electron chi connectivity index (χ2n) is 5.29. The average Bonchev–Trinajstić information content (AvgIpc) is 2.97. The predicted octanol–water partition coefficient (Wildman–Crippen LogP) is 3.35. The van der Waals surface area contributed by atoms with Crippen LogP contribution in [0.1, 0.15) is 33.1 Å². The van der Waals surface area contributed by atoms with Gasteiger partial charge < -0.3 is 0 Å². The molecule has 0 saturated carbocycles. The first-order valence-electron chi connectivity index (χ1n) is 7.77. The summed E-state index contributed by atoms with van der Waals surface area (Å²) in [5, 5.41) is 10.2. The van der Waals surface area contributed by atoms with Crippen LogP contribution in [0.15, 0.2) is 34.2 Å². The minimum atomic E-state index is 0.0241. The van der Waals surface area contributed by atoms with E-state index >= 15 is 0 Å². The Bertz CT molecular complexity index is 852. The van der Waals surface area contributed by atoms with Crippen molar-refractivity contribution in [2.75, 3.05) is 5.75 Å². The maximum absolute atomic E-state index is 12.7. The van der Waals surface area contributed by atoms with Crippen molar-refractivity contribution in [2.45, 2.75) is 44.8 Å². The minimum Gasteiger partial charge on any atom is -0.276 e. The highest BCUT2D eigenvalue weighted by Crippen LogP contribution is 2.22. The average molecular weight is 316 g/mol. The summed E-state index contributed by atoms with van der Waals surface area (Å²) in [6.07, 6.45) is 3.07. The molecule has 6 heteroatoms. The third-order valence-electron chi connectivity index (χ3n) is 3.65. The highest BCUT2D eigenvalue weighted by Gasteiger charge is 2.15. The zero-order valence-corrected chi connectivity index (χ0v) is 13.8. The second kappa shape index (κ2) is 6.52. The normalized spacial score (nSPS) is 11.5. The van der Waals surface area contributed by atoms with E-state index in [0.717, 1.165) is 41.1 Å². The molecule has 116 valence electrons. The van der Waals surface area contributed by atoms with Gasteiger partial charge in [-0.25, -0.2) is 0 Å². The first-order valence-corrected chi connectivity index (χ1v) is 8.76. The third kappa shape index (κ3) is 2.52. The Hall–Kier alpha value is -1.82. The second-order valence-corrected chi connectivity index (χ2v) is 6.36. The predicted molar refractivity (Wildman–Crippen MR) is 90.7 cm³/mol. The fourth-order valence-corrected chi connectivity index (χ4v) is 3.33. The number of hydrogen-bond acceptors (Lipinski definition) is 4. The summed E-state index contributed by atoms with van der Waals surface area (Å²) in [6.45, 7) is 4.95. The number of fused-ring (bicyclic) bond motifs is 3. The number of benzene rings is 1. The Kier molecular flexibility index (Phi) is 4.47. The van der Waals surface area contributed by atoms with Gasteiger partial charge in [-0.3, -0.25) is 13.8 Å². The number of thioether (sulfide) groups is 1. The largest absolute Gasteiger partial charge is 0.276 e. The number of para-hydroxylation sites is 1. The molecular formula is C16H20N4OS. The van der Waals surface area contributed by atoms with Crippen LogP contribution < -0.4 is 5.56 Å². The van der Waals surface area contributed by atoms with Gasteiger partial charge >= 0.3 is 0 Å². The van der Waals surface area contributed by atoms with Crippen LogP contribution in [0, 0.1) is 0 Å². The fourth-order valence-electron chi connectivity index (χ4n) is 2.54. The van der Waals surface area contributed by atoms with E-state index in [1.54, 1.807) is 16.3 Å².